The van der Waals surface area contributed by atoms with Gasteiger partial charge < -0.3 is 10.1 Å². The third kappa shape index (κ3) is 4.14. The van der Waals surface area contributed by atoms with E-state index in [0.29, 0.717) is 17.1 Å². The second kappa shape index (κ2) is 7.01. The number of thioether (sulfide) groups is 1. The number of nitrogens with zero attached hydrogens (tertiary/aromatic N) is 1. The van der Waals surface area contributed by atoms with Crippen molar-refractivity contribution in [3.63, 3.8) is 0 Å². The molecule has 1 fully saturated rings. The lowest BCUT2D eigenvalue weighted by molar-refractivity contribution is -0.119. The molecule has 0 aromatic heterocycles. The van der Waals surface area contributed by atoms with E-state index in [1.807, 2.05) is 0 Å². The van der Waals surface area contributed by atoms with Crippen molar-refractivity contribution in [3.8, 4) is 11.8 Å². The average Bonchev–Trinajstić information content (AvgIpc) is 3.32. The van der Waals surface area contributed by atoms with E-state index in [0.717, 1.165) is 12.8 Å². The third-order valence-electron chi connectivity index (χ3n) is 3.76. The van der Waals surface area contributed by atoms with Gasteiger partial charge in [-0.3, -0.25) is 4.79 Å². The molecule has 0 radical (unpaired) electrons. The Labute approximate surface area is 134 Å². The Hall–Kier alpha value is -1.74. The van der Waals surface area contributed by atoms with Gasteiger partial charge in [-0.1, -0.05) is 0 Å². The highest BCUT2D eigenvalue weighted by Crippen LogP contribution is 2.39. The number of benzene rings is 1. The number of methoxy groups -OCH3 is 1. The minimum atomic E-state index is -0.770. The van der Waals surface area contributed by atoms with Gasteiger partial charge in [-0.15, -0.1) is 11.8 Å². The summed E-state index contributed by atoms with van der Waals surface area (Å²) in [5.41, 5.74) is -0.0562. The Kier molecular flexibility index (Phi) is 5.30. The van der Waals surface area contributed by atoms with Crippen molar-refractivity contribution < 1.29 is 13.9 Å². The summed E-state index contributed by atoms with van der Waals surface area (Å²) in [5.74, 6) is 1.07. The number of amides is 1. The number of nitriles is 1. The van der Waals surface area contributed by atoms with E-state index in [1.54, 1.807) is 13.0 Å². The van der Waals surface area contributed by atoms with Crippen molar-refractivity contribution in [2.45, 2.75) is 31.1 Å². The predicted octanol–water partition coefficient (Wildman–Crippen LogP) is 2.88. The van der Waals surface area contributed by atoms with Crippen molar-refractivity contribution >= 4 is 17.7 Å². The summed E-state index contributed by atoms with van der Waals surface area (Å²) in [6.07, 6.45) is 1.97. The zero-order valence-corrected chi connectivity index (χ0v) is 13.5. The smallest absolute Gasteiger partial charge is 0.231 e. The van der Waals surface area contributed by atoms with E-state index in [1.165, 1.54) is 31.0 Å². The molecule has 2 rings (SSSR count). The van der Waals surface area contributed by atoms with Crippen LogP contribution in [-0.2, 0) is 10.5 Å². The fourth-order valence-corrected chi connectivity index (χ4v) is 3.13. The monoisotopic (exact) mass is 322 g/mol. The van der Waals surface area contributed by atoms with E-state index in [9.17, 15) is 14.4 Å². The van der Waals surface area contributed by atoms with Crippen molar-refractivity contribution in [3.05, 3.63) is 29.6 Å². The lowest BCUT2D eigenvalue weighted by Gasteiger charge is -2.22. The number of carbonyl (C=O) groups excluding carboxylic acids is 1. The Morgan fingerprint density at radius 2 is 2.32 bits per heavy atom. The van der Waals surface area contributed by atoms with E-state index in [2.05, 4.69) is 11.4 Å². The molecule has 1 amide bonds. The van der Waals surface area contributed by atoms with E-state index < -0.39 is 5.54 Å². The van der Waals surface area contributed by atoms with Crippen LogP contribution in [0.5, 0.6) is 5.75 Å². The standard InChI is InChI=1S/C16H19FN2O2S/c1-16(10-18,12-3-4-12)19-15(20)9-22-8-11-7-13(17)5-6-14(11)21-2/h5-7,12H,3-4,8-9H2,1-2H3,(H,19,20). The van der Waals surface area contributed by atoms with Crippen LogP contribution >= 0.6 is 11.8 Å². The molecule has 6 heteroatoms. The second-order valence-electron chi connectivity index (χ2n) is 5.59. The summed E-state index contributed by atoms with van der Waals surface area (Å²) in [6, 6.07) is 6.52. The van der Waals surface area contributed by atoms with Gasteiger partial charge in [-0.2, -0.15) is 5.26 Å². The van der Waals surface area contributed by atoms with Crippen LogP contribution in [0.15, 0.2) is 18.2 Å². The third-order valence-corrected chi connectivity index (χ3v) is 4.74. The minimum Gasteiger partial charge on any atom is -0.496 e. The summed E-state index contributed by atoms with van der Waals surface area (Å²) in [4.78, 5) is 12.0. The van der Waals surface area contributed by atoms with Crippen molar-refractivity contribution in [1.29, 1.82) is 5.26 Å². The first kappa shape index (κ1) is 16.6. The molecule has 1 aliphatic rings. The average molecular weight is 322 g/mol. The number of hydrogen-bond acceptors (Lipinski definition) is 4. The normalized spacial score (nSPS) is 16.5. The number of hydrogen-bond donors (Lipinski definition) is 1. The van der Waals surface area contributed by atoms with Gasteiger partial charge in [0.1, 0.15) is 17.1 Å². The highest BCUT2D eigenvalue weighted by Gasteiger charge is 2.42. The summed E-state index contributed by atoms with van der Waals surface area (Å²) >= 11 is 1.37. The summed E-state index contributed by atoms with van der Waals surface area (Å²) in [5, 5.41) is 12.0. The molecule has 0 bridgehead atoms. The maximum atomic E-state index is 13.3. The first-order valence-electron chi connectivity index (χ1n) is 7.11. The minimum absolute atomic E-state index is 0.170. The SMILES string of the molecule is COc1ccc(F)cc1CSCC(=O)NC(C)(C#N)C1CC1. The molecule has 1 atom stereocenters. The quantitative estimate of drug-likeness (QED) is 0.838. The molecule has 0 heterocycles. The van der Waals surface area contributed by atoms with Crippen molar-refractivity contribution in [2.24, 2.45) is 5.92 Å². The van der Waals surface area contributed by atoms with Crippen LogP contribution in [0.1, 0.15) is 25.3 Å². The van der Waals surface area contributed by atoms with E-state index >= 15 is 0 Å². The molecule has 0 saturated heterocycles. The molecule has 0 spiro atoms. The fraction of sp³-hybridized carbons (Fsp3) is 0.500. The lowest BCUT2D eigenvalue weighted by Crippen LogP contribution is -2.47. The summed E-state index contributed by atoms with van der Waals surface area (Å²) < 4.78 is 18.4. The van der Waals surface area contributed by atoms with Crippen LogP contribution < -0.4 is 10.1 Å². The number of rotatable bonds is 7. The van der Waals surface area contributed by atoms with Crippen LogP contribution in [0.4, 0.5) is 4.39 Å². The van der Waals surface area contributed by atoms with Gasteiger partial charge in [-0.25, -0.2) is 4.39 Å². The predicted molar refractivity (Wildman–Crippen MR) is 84.0 cm³/mol. The summed E-state index contributed by atoms with van der Waals surface area (Å²) in [6.45, 7) is 1.77. The molecule has 118 valence electrons. The number of halogens is 1. The van der Waals surface area contributed by atoms with Gasteiger partial charge in [0.2, 0.25) is 5.91 Å². The largest absolute Gasteiger partial charge is 0.496 e. The number of nitrogens with one attached hydrogen (secondary N) is 1. The molecular weight excluding hydrogens is 303 g/mol. The molecule has 1 aliphatic carbocycles. The zero-order valence-electron chi connectivity index (χ0n) is 12.7. The molecule has 1 unspecified atom stereocenters. The van der Waals surface area contributed by atoms with Gasteiger partial charge in [-0.05, 0) is 43.9 Å². The van der Waals surface area contributed by atoms with Crippen LogP contribution in [0.25, 0.3) is 0 Å². The first-order chi connectivity index (χ1) is 10.5. The number of ether oxygens (including phenoxy) is 1. The molecule has 1 aromatic rings. The van der Waals surface area contributed by atoms with Gasteiger partial charge in [0.15, 0.2) is 0 Å². The molecule has 4 nitrogen and oxygen atoms in total. The van der Waals surface area contributed by atoms with Crippen LogP contribution in [0, 0.1) is 23.1 Å². The van der Waals surface area contributed by atoms with E-state index in [-0.39, 0.29) is 23.4 Å². The van der Waals surface area contributed by atoms with E-state index in [4.69, 9.17) is 4.74 Å². The van der Waals surface area contributed by atoms with Crippen LogP contribution in [-0.4, -0.2) is 24.3 Å². The second-order valence-corrected chi connectivity index (χ2v) is 6.57. The van der Waals surface area contributed by atoms with Gasteiger partial charge in [0.25, 0.3) is 0 Å². The van der Waals surface area contributed by atoms with Crippen LogP contribution in [0.2, 0.25) is 0 Å². The van der Waals surface area contributed by atoms with Gasteiger partial charge in [0.05, 0.1) is 18.9 Å². The van der Waals surface area contributed by atoms with Crippen molar-refractivity contribution in [2.75, 3.05) is 12.9 Å². The molecule has 22 heavy (non-hydrogen) atoms. The highest BCUT2D eigenvalue weighted by molar-refractivity contribution is 7.99. The zero-order chi connectivity index (χ0) is 16.2. The Morgan fingerprint density at radius 1 is 1.59 bits per heavy atom. The highest BCUT2D eigenvalue weighted by atomic mass is 32.2. The Morgan fingerprint density at radius 3 is 2.91 bits per heavy atom. The maximum absolute atomic E-state index is 13.3. The van der Waals surface area contributed by atoms with Gasteiger partial charge in [0, 0.05) is 11.3 Å². The molecule has 1 saturated carbocycles. The maximum Gasteiger partial charge on any atom is 0.231 e. The molecule has 0 aliphatic heterocycles. The Bertz CT molecular complexity index is 598. The molecule has 1 aromatic carbocycles. The fourth-order valence-electron chi connectivity index (χ4n) is 2.32. The summed E-state index contributed by atoms with van der Waals surface area (Å²) in [7, 11) is 1.53. The van der Waals surface area contributed by atoms with Crippen molar-refractivity contribution in [1.82, 2.24) is 5.32 Å². The topological polar surface area (TPSA) is 62.1 Å². The van der Waals surface area contributed by atoms with Gasteiger partial charge >= 0.3 is 0 Å². The molecule has 1 N–H and O–H groups in total. The first-order valence-corrected chi connectivity index (χ1v) is 8.26. The Balaban J connectivity index is 1.85. The number of carbonyl (C=O) groups is 1. The van der Waals surface area contributed by atoms with Crippen LogP contribution in [0.3, 0.4) is 0 Å². The molecular formula is C16H19FN2O2S. The lowest BCUT2D eigenvalue weighted by atomic mass is 9.98.